The Hall–Kier alpha value is -3.29. The Bertz CT molecular complexity index is 1240. The normalized spacial score (nSPS) is 16.2. The molecular weight excluding hydrogens is 430 g/mol. The first-order valence-electron chi connectivity index (χ1n) is 11.3. The fourth-order valence-electron chi connectivity index (χ4n) is 4.31. The minimum absolute atomic E-state index is 0.0772. The molecule has 2 aromatic heterocycles. The van der Waals surface area contributed by atoms with Crippen LogP contribution in [-0.2, 0) is 6.54 Å². The number of fused-ring (bicyclic) bond motifs is 1. The number of urea groups is 1. The number of benzene rings is 2. The first-order valence-corrected chi connectivity index (χ1v) is 12.3. The molecule has 2 N–H and O–H groups in total. The van der Waals surface area contributed by atoms with Crippen LogP contribution in [0.15, 0.2) is 65.4 Å². The zero-order valence-electron chi connectivity index (χ0n) is 18.6. The minimum Gasteiger partial charge on any atom is -0.338 e. The van der Waals surface area contributed by atoms with Gasteiger partial charge in [-0.2, -0.15) is 0 Å². The van der Waals surface area contributed by atoms with Gasteiger partial charge in [0.2, 0.25) is 0 Å². The Morgan fingerprint density at radius 1 is 1.00 bits per heavy atom. The average molecular weight is 458 g/mol. The van der Waals surface area contributed by atoms with Crippen molar-refractivity contribution in [3.05, 3.63) is 70.9 Å². The number of rotatable bonds is 6. The number of hydrogen-bond donors (Lipinski definition) is 2. The number of carbonyl (C=O) groups excluding carboxylic acids is 1. The van der Waals surface area contributed by atoms with E-state index in [2.05, 4.69) is 51.9 Å². The molecule has 0 saturated carbocycles. The van der Waals surface area contributed by atoms with Crippen LogP contribution in [0.1, 0.15) is 18.9 Å². The summed E-state index contributed by atoms with van der Waals surface area (Å²) in [5.74, 6) is 0. The number of carbonyl (C=O) groups is 1. The van der Waals surface area contributed by atoms with E-state index >= 15 is 0 Å². The van der Waals surface area contributed by atoms with Crippen LogP contribution < -0.4 is 10.6 Å². The zero-order valence-corrected chi connectivity index (χ0v) is 19.4. The fraction of sp³-hybridized carbons (Fsp3) is 0.269. The van der Waals surface area contributed by atoms with Gasteiger partial charge in [-0.1, -0.05) is 54.6 Å². The first-order chi connectivity index (χ1) is 16.2. The molecule has 7 heteroatoms. The highest BCUT2D eigenvalue weighted by Crippen LogP contribution is 2.32. The molecule has 3 heterocycles. The predicted octanol–water partition coefficient (Wildman–Crippen LogP) is 4.92. The summed E-state index contributed by atoms with van der Waals surface area (Å²) < 4.78 is 0. The lowest BCUT2D eigenvalue weighted by Gasteiger charge is -2.17. The van der Waals surface area contributed by atoms with E-state index in [1.165, 1.54) is 5.56 Å². The zero-order chi connectivity index (χ0) is 22.6. The van der Waals surface area contributed by atoms with Crippen molar-refractivity contribution in [1.82, 2.24) is 25.5 Å². The quantitative estimate of drug-likeness (QED) is 0.431. The lowest BCUT2D eigenvalue weighted by molar-refractivity contribution is 0.236. The fourth-order valence-corrected chi connectivity index (χ4v) is 4.99. The lowest BCUT2D eigenvalue weighted by Crippen LogP contribution is -2.43. The monoisotopic (exact) mass is 457 g/mol. The van der Waals surface area contributed by atoms with E-state index in [4.69, 9.17) is 9.97 Å². The predicted molar refractivity (Wildman–Crippen MR) is 134 cm³/mol. The van der Waals surface area contributed by atoms with Crippen LogP contribution in [0.4, 0.5) is 4.79 Å². The summed E-state index contributed by atoms with van der Waals surface area (Å²) in [6, 6.07) is 19.0. The van der Waals surface area contributed by atoms with Crippen LogP contribution in [-0.4, -0.2) is 46.6 Å². The van der Waals surface area contributed by atoms with E-state index in [1.807, 2.05) is 35.9 Å². The summed E-state index contributed by atoms with van der Waals surface area (Å²) in [6.07, 6.45) is 0.978. The van der Waals surface area contributed by atoms with Gasteiger partial charge in [-0.15, -0.1) is 11.3 Å². The van der Waals surface area contributed by atoms with Crippen molar-refractivity contribution < 1.29 is 4.79 Å². The summed E-state index contributed by atoms with van der Waals surface area (Å²) in [7, 11) is 0. The second-order valence-electron chi connectivity index (χ2n) is 8.35. The molecule has 2 amide bonds. The molecule has 1 atom stereocenters. The number of thiophene rings is 1. The van der Waals surface area contributed by atoms with Crippen molar-refractivity contribution in [2.75, 3.05) is 19.6 Å². The lowest BCUT2D eigenvalue weighted by atomic mass is 10.0. The second kappa shape index (κ2) is 9.68. The van der Waals surface area contributed by atoms with Crippen molar-refractivity contribution in [2.45, 2.75) is 25.9 Å². The summed E-state index contributed by atoms with van der Waals surface area (Å²) in [6.45, 7) is 5.30. The summed E-state index contributed by atoms with van der Waals surface area (Å²) >= 11 is 1.63. The van der Waals surface area contributed by atoms with Crippen LogP contribution in [0.3, 0.4) is 0 Å². The van der Waals surface area contributed by atoms with Crippen molar-refractivity contribution in [1.29, 1.82) is 0 Å². The van der Waals surface area contributed by atoms with Crippen LogP contribution in [0.5, 0.6) is 0 Å². The van der Waals surface area contributed by atoms with Crippen LogP contribution in [0.25, 0.3) is 33.5 Å². The number of hydrogen-bond acceptors (Lipinski definition) is 5. The molecule has 0 aliphatic carbocycles. The van der Waals surface area contributed by atoms with Crippen molar-refractivity contribution in [3.8, 4) is 22.5 Å². The van der Waals surface area contributed by atoms with Gasteiger partial charge in [0.1, 0.15) is 11.0 Å². The summed E-state index contributed by atoms with van der Waals surface area (Å²) in [5.41, 5.74) is 7.07. The molecule has 4 aromatic rings. The van der Waals surface area contributed by atoms with Gasteiger partial charge in [0.25, 0.3) is 0 Å². The van der Waals surface area contributed by atoms with E-state index in [0.717, 1.165) is 59.6 Å². The minimum atomic E-state index is -0.0772. The molecule has 1 fully saturated rings. The molecular formula is C26H27N5OS. The molecule has 2 aromatic carbocycles. The Morgan fingerprint density at radius 2 is 1.67 bits per heavy atom. The molecule has 0 radical (unpaired) electrons. The Morgan fingerprint density at radius 3 is 2.33 bits per heavy atom. The molecule has 33 heavy (non-hydrogen) atoms. The van der Waals surface area contributed by atoms with Gasteiger partial charge in [0, 0.05) is 54.1 Å². The highest BCUT2D eigenvalue weighted by molar-refractivity contribution is 7.09. The highest BCUT2D eigenvalue weighted by atomic mass is 32.1. The van der Waals surface area contributed by atoms with Gasteiger partial charge in [-0.05, 0) is 18.9 Å². The smallest absolute Gasteiger partial charge is 0.315 e. The van der Waals surface area contributed by atoms with Gasteiger partial charge >= 0.3 is 6.03 Å². The molecule has 1 aliphatic heterocycles. The number of nitrogens with one attached hydrogen (secondary N) is 2. The maximum atomic E-state index is 11.8. The Balaban J connectivity index is 1.33. The van der Waals surface area contributed by atoms with E-state index in [-0.39, 0.29) is 12.1 Å². The maximum absolute atomic E-state index is 11.8. The van der Waals surface area contributed by atoms with Gasteiger partial charge in [0.15, 0.2) is 0 Å². The van der Waals surface area contributed by atoms with E-state index in [9.17, 15) is 4.79 Å². The van der Waals surface area contributed by atoms with Gasteiger partial charge < -0.3 is 10.6 Å². The number of nitrogens with zero attached hydrogens (tertiary/aromatic N) is 3. The third kappa shape index (κ3) is 4.89. The van der Waals surface area contributed by atoms with Crippen LogP contribution in [0.2, 0.25) is 0 Å². The number of aromatic nitrogens is 2. The maximum Gasteiger partial charge on any atom is 0.315 e. The first kappa shape index (κ1) is 21.6. The van der Waals surface area contributed by atoms with Crippen molar-refractivity contribution in [2.24, 2.45) is 0 Å². The molecule has 0 spiro atoms. The summed E-state index contributed by atoms with van der Waals surface area (Å²) in [4.78, 5) is 24.1. The van der Waals surface area contributed by atoms with E-state index < -0.39 is 0 Å². The Kier molecular flexibility index (Phi) is 6.32. The third-order valence-corrected chi connectivity index (χ3v) is 6.65. The standard InChI is InChI=1S/C26H27N5OS/c1-2-27-26(32)28-21-12-13-31(15-21)14-18-8-10-20(11-9-18)25-24(19-6-4-3-5-7-19)29-22-16-33-17-23(22)30-25/h3-11,16-17,21H,2,12-15H2,1H3,(H2,27,28,32). The number of likely N-dealkylation sites (tertiary alicyclic amines) is 1. The van der Waals surface area contributed by atoms with Gasteiger partial charge in [0.05, 0.1) is 11.4 Å². The molecule has 1 saturated heterocycles. The molecule has 168 valence electrons. The molecule has 1 unspecified atom stereocenters. The van der Waals surface area contributed by atoms with Gasteiger partial charge in [-0.25, -0.2) is 14.8 Å². The SMILES string of the molecule is CCNC(=O)NC1CCN(Cc2ccc(-c3nc4cscc4nc3-c3ccccc3)cc2)C1. The molecule has 5 rings (SSSR count). The topological polar surface area (TPSA) is 70.2 Å². The van der Waals surface area contributed by atoms with Gasteiger partial charge in [-0.3, -0.25) is 4.90 Å². The second-order valence-corrected chi connectivity index (χ2v) is 9.09. The van der Waals surface area contributed by atoms with Crippen molar-refractivity contribution in [3.63, 3.8) is 0 Å². The van der Waals surface area contributed by atoms with E-state index in [1.54, 1.807) is 11.3 Å². The molecule has 0 bridgehead atoms. The van der Waals surface area contributed by atoms with E-state index in [0.29, 0.717) is 6.54 Å². The van der Waals surface area contributed by atoms with Crippen LogP contribution in [0, 0.1) is 0 Å². The molecule has 6 nitrogen and oxygen atoms in total. The average Bonchev–Trinajstić information content (AvgIpc) is 3.48. The number of amides is 2. The Labute approximate surface area is 197 Å². The largest absolute Gasteiger partial charge is 0.338 e. The third-order valence-electron chi connectivity index (χ3n) is 5.94. The highest BCUT2D eigenvalue weighted by Gasteiger charge is 2.23. The molecule has 1 aliphatic rings. The van der Waals surface area contributed by atoms with Crippen molar-refractivity contribution >= 4 is 28.4 Å². The summed E-state index contributed by atoms with van der Waals surface area (Å²) in [5, 5.41) is 9.96. The van der Waals surface area contributed by atoms with Crippen LogP contribution >= 0.6 is 11.3 Å².